The van der Waals surface area contributed by atoms with Crippen molar-refractivity contribution in [1.29, 1.82) is 0 Å². The van der Waals surface area contributed by atoms with Crippen molar-refractivity contribution in [1.82, 2.24) is 10.4 Å². The maximum atomic E-state index is 11.0. The molecule has 0 unspecified atom stereocenters. The molecular formula is C24H28N4O5. The van der Waals surface area contributed by atoms with E-state index in [1.807, 2.05) is 35.2 Å². The summed E-state index contributed by atoms with van der Waals surface area (Å²) >= 11 is 0. The van der Waals surface area contributed by atoms with Gasteiger partial charge in [0.1, 0.15) is 11.6 Å². The molecule has 2 heterocycles. The van der Waals surface area contributed by atoms with Crippen molar-refractivity contribution in [2.45, 2.75) is 38.6 Å². The monoisotopic (exact) mass is 452 g/mol. The second-order valence-corrected chi connectivity index (χ2v) is 7.87. The van der Waals surface area contributed by atoms with Gasteiger partial charge in [-0.3, -0.25) is 10.0 Å². The summed E-state index contributed by atoms with van der Waals surface area (Å²) in [6, 6.07) is 9.71. The van der Waals surface area contributed by atoms with Crippen LogP contribution < -0.4 is 19.7 Å². The number of ether oxygens (including phenoxy) is 3. The van der Waals surface area contributed by atoms with Crippen LogP contribution in [0.15, 0.2) is 40.3 Å². The van der Waals surface area contributed by atoms with Crippen molar-refractivity contribution in [3.05, 3.63) is 41.5 Å². The third-order valence-corrected chi connectivity index (χ3v) is 5.67. The van der Waals surface area contributed by atoms with E-state index in [9.17, 15) is 4.79 Å². The molecule has 0 aliphatic carbocycles. The fourth-order valence-corrected chi connectivity index (χ4v) is 3.87. The summed E-state index contributed by atoms with van der Waals surface area (Å²) in [7, 11) is 3.26. The molecule has 0 spiro atoms. The van der Waals surface area contributed by atoms with E-state index in [1.54, 1.807) is 26.0 Å². The van der Waals surface area contributed by atoms with Crippen LogP contribution in [0.5, 0.6) is 17.2 Å². The lowest BCUT2D eigenvalue weighted by molar-refractivity contribution is -0.129. The van der Waals surface area contributed by atoms with Crippen molar-refractivity contribution in [3.8, 4) is 17.2 Å². The fourth-order valence-electron chi connectivity index (χ4n) is 3.87. The number of aliphatic imine (C=N–C) groups is 2. The lowest BCUT2D eigenvalue weighted by Crippen LogP contribution is -2.34. The summed E-state index contributed by atoms with van der Waals surface area (Å²) < 4.78 is 16.9. The Bertz CT molecular complexity index is 1080. The van der Waals surface area contributed by atoms with Crippen molar-refractivity contribution < 1.29 is 24.2 Å². The smallest absolute Gasteiger partial charge is 0.243 e. The van der Waals surface area contributed by atoms with Crippen LogP contribution in [0.25, 0.3) is 0 Å². The average Bonchev–Trinajstić information content (AvgIpc) is 2.85. The molecule has 0 saturated carbocycles. The Labute approximate surface area is 192 Å². The first-order valence-electron chi connectivity index (χ1n) is 11.0. The molecule has 1 amide bonds. The fraction of sp³-hybridized carbons (Fsp3) is 0.375. The highest BCUT2D eigenvalue weighted by Crippen LogP contribution is 2.40. The number of amidine groups is 1. The highest BCUT2D eigenvalue weighted by molar-refractivity contribution is 6.12. The molecule has 0 bridgehead atoms. The number of unbranched alkanes of at least 4 members (excludes halogenated alkanes) is 3. The standard InChI is InChI=1S/C24H28N4O5/c1-31-17-9-8-16-14-28-15-25-20-13-21(32-2)22(12-18(20)24(28)26-19(16)11-17)33-10-6-4-3-5-7-23(29)27-30/h8-9,11-13,15,30H,3-7,10,14H2,1-2H3,(H,27,29). The van der Waals surface area contributed by atoms with Gasteiger partial charge in [-0.25, -0.2) is 15.5 Å². The minimum absolute atomic E-state index is 0.324. The topological polar surface area (TPSA) is 105 Å². The van der Waals surface area contributed by atoms with Gasteiger partial charge in [-0.1, -0.05) is 18.9 Å². The van der Waals surface area contributed by atoms with Gasteiger partial charge in [0, 0.05) is 24.1 Å². The van der Waals surface area contributed by atoms with Gasteiger partial charge in [0.25, 0.3) is 0 Å². The van der Waals surface area contributed by atoms with Crippen LogP contribution in [0.1, 0.15) is 43.2 Å². The molecule has 2 aromatic rings. The van der Waals surface area contributed by atoms with E-state index in [1.165, 1.54) is 0 Å². The second kappa shape index (κ2) is 10.4. The zero-order chi connectivity index (χ0) is 23.2. The molecule has 4 rings (SSSR count). The molecule has 9 heteroatoms. The van der Waals surface area contributed by atoms with E-state index in [-0.39, 0.29) is 5.91 Å². The maximum absolute atomic E-state index is 11.0. The van der Waals surface area contributed by atoms with Gasteiger partial charge >= 0.3 is 0 Å². The Kier molecular flexibility index (Phi) is 7.09. The summed E-state index contributed by atoms with van der Waals surface area (Å²) in [5.74, 6) is 2.50. The summed E-state index contributed by atoms with van der Waals surface area (Å²) in [5.41, 5.74) is 5.31. The molecule has 0 aromatic heterocycles. The molecule has 2 aromatic carbocycles. The van der Waals surface area contributed by atoms with Crippen LogP contribution >= 0.6 is 0 Å². The third kappa shape index (κ3) is 5.09. The SMILES string of the molecule is COc1ccc2c(c1)N=C1c3cc(OCCCCCCC(=O)NO)c(OC)cc3N=CN1C2. The number of hydrogen-bond acceptors (Lipinski definition) is 8. The van der Waals surface area contributed by atoms with Gasteiger partial charge in [-0.05, 0) is 30.5 Å². The average molecular weight is 453 g/mol. The number of amides is 1. The Morgan fingerprint density at radius 3 is 2.70 bits per heavy atom. The number of hydroxylamine groups is 1. The van der Waals surface area contributed by atoms with E-state index in [2.05, 4.69) is 4.99 Å². The molecule has 174 valence electrons. The largest absolute Gasteiger partial charge is 0.497 e. The van der Waals surface area contributed by atoms with Crippen LogP contribution in [-0.4, -0.2) is 49.0 Å². The first kappa shape index (κ1) is 22.6. The summed E-state index contributed by atoms with van der Waals surface area (Å²) in [6.45, 7) is 1.21. The van der Waals surface area contributed by atoms with E-state index in [4.69, 9.17) is 24.4 Å². The van der Waals surface area contributed by atoms with Crippen LogP contribution in [0.2, 0.25) is 0 Å². The quantitative estimate of drug-likeness (QED) is 0.319. The van der Waals surface area contributed by atoms with Crippen LogP contribution in [0.4, 0.5) is 11.4 Å². The predicted molar refractivity (Wildman–Crippen MR) is 124 cm³/mol. The highest BCUT2D eigenvalue weighted by atomic mass is 16.5. The first-order chi connectivity index (χ1) is 16.1. The van der Waals surface area contributed by atoms with Gasteiger partial charge in [0.05, 0.1) is 45.1 Å². The lowest BCUT2D eigenvalue weighted by Gasteiger charge is -2.30. The third-order valence-electron chi connectivity index (χ3n) is 5.67. The predicted octanol–water partition coefficient (Wildman–Crippen LogP) is 4.11. The van der Waals surface area contributed by atoms with Gasteiger partial charge in [-0.15, -0.1) is 0 Å². The van der Waals surface area contributed by atoms with Gasteiger partial charge in [0.2, 0.25) is 5.91 Å². The van der Waals surface area contributed by atoms with E-state index < -0.39 is 0 Å². The van der Waals surface area contributed by atoms with Gasteiger partial charge < -0.3 is 19.1 Å². The molecule has 33 heavy (non-hydrogen) atoms. The molecule has 9 nitrogen and oxygen atoms in total. The van der Waals surface area contributed by atoms with Crippen molar-refractivity contribution in [3.63, 3.8) is 0 Å². The summed E-state index contributed by atoms with van der Waals surface area (Å²) in [4.78, 5) is 22.6. The number of methoxy groups -OCH3 is 2. The number of fused-ring (bicyclic) bond motifs is 4. The maximum Gasteiger partial charge on any atom is 0.243 e. The number of nitrogens with one attached hydrogen (secondary N) is 1. The zero-order valence-corrected chi connectivity index (χ0v) is 18.8. The summed E-state index contributed by atoms with van der Waals surface area (Å²) in [5, 5.41) is 8.52. The molecule has 2 N–H and O–H groups in total. The molecule has 2 aliphatic heterocycles. The first-order valence-corrected chi connectivity index (χ1v) is 11.0. The summed E-state index contributed by atoms with van der Waals surface area (Å²) in [6.07, 6.45) is 5.51. The molecular weight excluding hydrogens is 424 g/mol. The Morgan fingerprint density at radius 2 is 1.91 bits per heavy atom. The highest BCUT2D eigenvalue weighted by Gasteiger charge is 2.27. The normalized spacial score (nSPS) is 13.4. The number of rotatable bonds is 10. The number of carbonyl (C=O) groups is 1. The second-order valence-electron chi connectivity index (χ2n) is 7.87. The van der Waals surface area contributed by atoms with Gasteiger partial charge in [-0.2, -0.15) is 0 Å². The van der Waals surface area contributed by atoms with Crippen molar-refractivity contribution in [2.75, 3.05) is 20.8 Å². The number of hydrogen-bond donors (Lipinski definition) is 2. The zero-order valence-electron chi connectivity index (χ0n) is 18.8. The minimum Gasteiger partial charge on any atom is -0.497 e. The Morgan fingerprint density at radius 1 is 1.06 bits per heavy atom. The van der Waals surface area contributed by atoms with Crippen LogP contribution in [0.3, 0.4) is 0 Å². The Balaban J connectivity index is 1.47. The molecule has 0 saturated heterocycles. The number of benzene rings is 2. The minimum atomic E-state index is -0.353. The molecule has 0 atom stereocenters. The number of carbonyl (C=O) groups excluding carboxylic acids is 1. The molecule has 0 radical (unpaired) electrons. The van der Waals surface area contributed by atoms with Gasteiger partial charge in [0.15, 0.2) is 11.5 Å². The molecule has 2 aliphatic rings. The molecule has 0 fully saturated rings. The van der Waals surface area contributed by atoms with Crippen LogP contribution in [0, 0.1) is 0 Å². The van der Waals surface area contributed by atoms with E-state index in [0.717, 1.165) is 59.8 Å². The van der Waals surface area contributed by atoms with Crippen LogP contribution in [-0.2, 0) is 11.3 Å². The lowest BCUT2D eigenvalue weighted by atomic mass is 10.0. The van der Waals surface area contributed by atoms with Crippen molar-refractivity contribution in [2.24, 2.45) is 9.98 Å². The van der Waals surface area contributed by atoms with E-state index in [0.29, 0.717) is 31.1 Å². The van der Waals surface area contributed by atoms with E-state index >= 15 is 0 Å². The Hall–Kier alpha value is -3.59. The number of nitrogens with zero attached hydrogens (tertiary/aromatic N) is 3. The van der Waals surface area contributed by atoms with Crippen molar-refractivity contribution >= 4 is 29.5 Å².